The highest BCUT2D eigenvalue weighted by atomic mass is 32.1. The minimum Gasteiger partial charge on any atom is -0.391 e. The summed E-state index contributed by atoms with van der Waals surface area (Å²) in [6, 6.07) is 15.0. The van der Waals surface area contributed by atoms with Crippen molar-refractivity contribution in [3.05, 3.63) is 70.2 Å². The summed E-state index contributed by atoms with van der Waals surface area (Å²) in [4.78, 5) is 3.83. The molecule has 6 heteroatoms. The topological polar surface area (TPSA) is 54.2 Å². The Balaban J connectivity index is 1.42. The Bertz CT molecular complexity index is 875. The fourth-order valence-corrected chi connectivity index (χ4v) is 4.83. The number of aromatic nitrogens is 3. The Hall–Kier alpha value is -2.02. The molecule has 140 valence electrons. The molecule has 2 aliphatic rings. The fourth-order valence-electron chi connectivity index (χ4n) is 4.10. The highest BCUT2D eigenvalue weighted by Crippen LogP contribution is 2.40. The summed E-state index contributed by atoms with van der Waals surface area (Å²) >= 11 is 1.79. The summed E-state index contributed by atoms with van der Waals surface area (Å²) in [6.45, 7) is 1.66. The summed E-state index contributed by atoms with van der Waals surface area (Å²) in [5.74, 6) is 0.582. The van der Waals surface area contributed by atoms with Crippen LogP contribution in [0.1, 0.15) is 53.4 Å². The van der Waals surface area contributed by atoms with E-state index in [-0.39, 0.29) is 12.1 Å². The van der Waals surface area contributed by atoms with Crippen LogP contribution in [-0.2, 0) is 6.54 Å². The Morgan fingerprint density at radius 1 is 1.11 bits per heavy atom. The molecule has 2 fully saturated rings. The van der Waals surface area contributed by atoms with Crippen molar-refractivity contribution in [1.82, 2.24) is 19.9 Å². The maximum atomic E-state index is 10.9. The highest BCUT2D eigenvalue weighted by Gasteiger charge is 2.37. The van der Waals surface area contributed by atoms with Crippen molar-refractivity contribution in [2.45, 2.75) is 49.9 Å². The molecule has 1 saturated heterocycles. The van der Waals surface area contributed by atoms with Gasteiger partial charge in [0.25, 0.3) is 0 Å². The van der Waals surface area contributed by atoms with Gasteiger partial charge >= 0.3 is 0 Å². The first-order valence-corrected chi connectivity index (χ1v) is 10.6. The molecule has 2 aromatic heterocycles. The first-order chi connectivity index (χ1) is 13.3. The molecular formula is C21H24N4OS. The van der Waals surface area contributed by atoms with Crippen LogP contribution in [0.2, 0.25) is 0 Å². The lowest BCUT2D eigenvalue weighted by atomic mass is 9.90. The molecule has 5 nitrogen and oxygen atoms in total. The normalized spacial score (nSPS) is 26.3. The van der Waals surface area contributed by atoms with E-state index in [2.05, 4.69) is 63.2 Å². The van der Waals surface area contributed by atoms with Crippen LogP contribution >= 0.6 is 11.3 Å². The van der Waals surface area contributed by atoms with Crippen LogP contribution < -0.4 is 0 Å². The van der Waals surface area contributed by atoms with E-state index < -0.39 is 6.10 Å². The van der Waals surface area contributed by atoms with Gasteiger partial charge in [-0.15, -0.1) is 16.4 Å². The van der Waals surface area contributed by atoms with Gasteiger partial charge in [-0.2, -0.15) is 0 Å². The number of likely N-dealkylation sites (tertiary alicyclic amines) is 1. The van der Waals surface area contributed by atoms with Gasteiger partial charge in [0.2, 0.25) is 0 Å². The third-order valence-corrected chi connectivity index (χ3v) is 6.62. The van der Waals surface area contributed by atoms with Crippen molar-refractivity contribution in [2.24, 2.45) is 0 Å². The molecule has 0 amide bonds. The van der Waals surface area contributed by atoms with Crippen molar-refractivity contribution in [1.29, 1.82) is 0 Å². The lowest BCUT2D eigenvalue weighted by molar-refractivity contribution is -0.0105. The van der Waals surface area contributed by atoms with Crippen molar-refractivity contribution in [3.63, 3.8) is 0 Å². The third-order valence-electron chi connectivity index (χ3n) is 5.76. The Labute approximate surface area is 163 Å². The van der Waals surface area contributed by atoms with Gasteiger partial charge in [0, 0.05) is 36.1 Å². The summed E-state index contributed by atoms with van der Waals surface area (Å²) < 4.78 is 1.90. The van der Waals surface area contributed by atoms with E-state index in [9.17, 15) is 5.11 Å². The number of hydrogen-bond acceptors (Lipinski definition) is 5. The zero-order valence-corrected chi connectivity index (χ0v) is 16.0. The molecule has 1 aromatic carbocycles. The predicted octanol–water partition coefficient (Wildman–Crippen LogP) is 3.77. The zero-order valence-electron chi connectivity index (χ0n) is 15.2. The first kappa shape index (κ1) is 17.1. The van der Waals surface area contributed by atoms with Crippen molar-refractivity contribution >= 4 is 11.3 Å². The van der Waals surface area contributed by atoms with E-state index in [1.165, 1.54) is 23.3 Å². The summed E-state index contributed by atoms with van der Waals surface area (Å²) in [5, 5.41) is 21.8. The molecule has 3 atom stereocenters. The Morgan fingerprint density at radius 2 is 1.96 bits per heavy atom. The van der Waals surface area contributed by atoms with Crippen LogP contribution in [0.5, 0.6) is 0 Å². The van der Waals surface area contributed by atoms with Gasteiger partial charge in [0.05, 0.1) is 17.8 Å². The monoisotopic (exact) mass is 380 g/mol. The number of rotatable bonds is 5. The smallest absolute Gasteiger partial charge is 0.0923 e. The van der Waals surface area contributed by atoms with Crippen LogP contribution in [0.15, 0.2) is 54.0 Å². The molecule has 1 saturated carbocycles. The maximum Gasteiger partial charge on any atom is 0.0923 e. The maximum absolute atomic E-state index is 10.9. The van der Waals surface area contributed by atoms with E-state index in [4.69, 9.17) is 0 Å². The van der Waals surface area contributed by atoms with Gasteiger partial charge in [-0.3, -0.25) is 4.90 Å². The molecule has 1 aliphatic heterocycles. The van der Waals surface area contributed by atoms with E-state index >= 15 is 0 Å². The first-order valence-electron chi connectivity index (χ1n) is 9.69. The van der Waals surface area contributed by atoms with Crippen molar-refractivity contribution in [3.8, 4) is 0 Å². The van der Waals surface area contributed by atoms with Crippen LogP contribution in [0.4, 0.5) is 0 Å². The van der Waals surface area contributed by atoms with Gasteiger partial charge < -0.3 is 5.11 Å². The Kier molecular flexibility index (Phi) is 4.55. The van der Waals surface area contributed by atoms with Gasteiger partial charge in [-0.05, 0) is 36.3 Å². The number of hydrogen-bond donors (Lipinski definition) is 1. The lowest BCUT2D eigenvalue weighted by Gasteiger charge is -2.42. The molecule has 0 radical (unpaired) electrons. The highest BCUT2D eigenvalue weighted by molar-refractivity contribution is 7.09. The van der Waals surface area contributed by atoms with Crippen molar-refractivity contribution in [2.75, 3.05) is 6.54 Å². The van der Waals surface area contributed by atoms with Crippen molar-refractivity contribution < 1.29 is 5.11 Å². The minimum atomic E-state index is -0.427. The van der Waals surface area contributed by atoms with E-state index in [0.29, 0.717) is 12.3 Å². The van der Waals surface area contributed by atoms with Gasteiger partial charge in [-0.1, -0.05) is 41.6 Å². The van der Waals surface area contributed by atoms with Crippen LogP contribution in [0.3, 0.4) is 0 Å². The molecule has 1 N–H and O–H groups in total. The molecule has 3 unspecified atom stereocenters. The number of piperidine rings is 1. The molecule has 27 heavy (non-hydrogen) atoms. The number of thiophene rings is 1. The number of nitrogens with zero attached hydrogens (tertiary/aromatic N) is 4. The van der Waals surface area contributed by atoms with Crippen LogP contribution in [0.25, 0.3) is 0 Å². The second-order valence-electron chi connectivity index (χ2n) is 7.70. The van der Waals surface area contributed by atoms with E-state index in [1.54, 1.807) is 11.3 Å². The molecule has 0 bridgehead atoms. The average Bonchev–Trinajstić information content (AvgIpc) is 3.20. The van der Waals surface area contributed by atoms with Crippen LogP contribution in [-0.4, -0.2) is 37.6 Å². The molecule has 3 heterocycles. The van der Waals surface area contributed by atoms with Gasteiger partial charge in [-0.25, -0.2) is 4.68 Å². The molecular weight excluding hydrogens is 356 g/mol. The molecule has 1 aliphatic carbocycles. The summed E-state index contributed by atoms with van der Waals surface area (Å²) in [6.07, 6.45) is 4.76. The van der Waals surface area contributed by atoms with E-state index in [0.717, 1.165) is 18.8 Å². The largest absolute Gasteiger partial charge is 0.391 e. The average molecular weight is 381 g/mol. The quantitative estimate of drug-likeness (QED) is 0.732. The number of aliphatic hydroxyl groups excluding tert-OH is 1. The number of benzene rings is 1. The summed E-state index contributed by atoms with van der Waals surface area (Å²) in [7, 11) is 0. The number of aliphatic hydroxyl groups is 1. The van der Waals surface area contributed by atoms with Crippen LogP contribution in [0, 0.1) is 0 Å². The second-order valence-corrected chi connectivity index (χ2v) is 8.74. The molecule has 5 rings (SSSR count). The summed E-state index contributed by atoms with van der Waals surface area (Å²) in [5.41, 5.74) is 2.35. The van der Waals surface area contributed by atoms with Gasteiger partial charge in [0.15, 0.2) is 0 Å². The Morgan fingerprint density at radius 3 is 2.70 bits per heavy atom. The lowest BCUT2D eigenvalue weighted by Crippen LogP contribution is -2.45. The molecule has 0 spiro atoms. The third kappa shape index (κ3) is 3.57. The van der Waals surface area contributed by atoms with Gasteiger partial charge in [0.1, 0.15) is 0 Å². The van der Waals surface area contributed by atoms with E-state index in [1.807, 2.05) is 10.7 Å². The predicted molar refractivity (Wildman–Crippen MR) is 106 cm³/mol. The fraction of sp³-hybridized carbons (Fsp3) is 0.429. The molecule has 3 aromatic rings. The standard InChI is InChI=1S/C21H24N4OS/c26-21-11-19(16-5-2-1-3-6-16)24(12-17-7-4-10-27-17)14-20(21)25-13-18(22-23-25)15-8-9-15/h1-7,10,13,15,19-21,26H,8-9,11-12,14H2. The SMILES string of the molecule is OC1CC(c2ccccc2)N(Cc2cccs2)CC1n1cc(C2CC2)nn1. The minimum absolute atomic E-state index is 0.0510. The second kappa shape index (κ2) is 7.19. The zero-order chi connectivity index (χ0) is 18.2.